The minimum atomic E-state index is -0.348. The van der Waals surface area contributed by atoms with Gasteiger partial charge in [0, 0.05) is 18.5 Å². The first-order valence-corrected chi connectivity index (χ1v) is 6.82. The molecule has 1 aromatic carbocycles. The third-order valence-electron chi connectivity index (χ3n) is 3.59. The molecule has 0 aliphatic carbocycles. The lowest BCUT2D eigenvalue weighted by molar-refractivity contribution is -0.126. The second-order valence-electron chi connectivity index (χ2n) is 5.71. The van der Waals surface area contributed by atoms with Gasteiger partial charge in [-0.1, -0.05) is 44.2 Å². The zero-order chi connectivity index (χ0) is 14.6. The fourth-order valence-corrected chi connectivity index (χ4v) is 2.17. The molecule has 1 saturated heterocycles. The molecule has 0 saturated carbocycles. The molecule has 1 fully saturated rings. The van der Waals surface area contributed by atoms with Crippen LogP contribution in [-0.2, 0) is 15.0 Å². The molecule has 108 valence electrons. The summed E-state index contributed by atoms with van der Waals surface area (Å²) in [5.74, 6) is -0.146. The van der Waals surface area contributed by atoms with E-state index >= 15 is 0 Å². The summed E-state index contributed by atoms with van der Waals surface area (Å²) in [6.07, 6.45) is 0. The molecule has 0 bridgehead atoms. The Morgan fingerprint density at radius 3 is 2.65 bits per heavy atom. The lowest BCUT2D eigenvalue weighted by atomic mass is 9.84. The van der Waals surface area contributed by atoms with Gasteiger partial charge in [-0.2, -0.15) is 0 Å². The molecular weight excluding hydrogens is 254 g/mol. The summed E-state index contributed by atoms with van der Waals surface area (Å²) in [5.41, 5.74) is 1.06. The molecule has 5 heteroatoms. The van der Waals surface area contributed by atoms with E-state index in [4.69, 9.17) is 0 Å². The van der Waals surface area contributed by atoms with Crippen LogP contribution in [0.4, 0.5) is 0 Å². The lowest BCUT2D eigenvalue weighted by Crippen LogP contribution is -2.58. The van der Waals surface area contributed by atoms with Crippen molar-refractivity contribution in [2.45, 2.75) is 25.3 Å². The van der Waals surface area contributed by atoms with E-state index in [2.05, 4.69) is 41.9 Å². The van der Waals surface area contributed by atoms with Crippen LogP contribution in [0.3, 0.4) is 0 Å². The van der Waals surface area contributed by atoms with Gasteiger partial charge in [-0.15, -0.1) is 0 Å². The monoisotopic (exact) mass is 275 g/mol. The lowest BCUT2D eigenvalue weighted by Gasteiger charge is -2.28. The number of carbonyl (C=O) groups excluding carboxylic acids is 2. The second-order valence-corrected chi connectivity index (χ2v) is 5.71. The largest absolute Gasteiger partial charge is 0.354 e. The fourth-order valence-electron chi connectivity index (χ4n) is 2.17. The third-order valence-corrected chi connectivity index (χ3v) is 3.59. The Bertz CT molecular complexity index is 475. The van der Waals surface area contributed by atoms with E-state index in [1.165, 1.54) is 5.56 Å². The first-order chi connectivity index (χ1) is 9.49. The Labute approximate surface area is 119 Å². The topological polar surface area (TPSA) is 70.2 Å². The van der Waals surface area contributed by atoms with Crippen molar-refractivity contribution >= 4 is 11.8 Å². The van der Waals surface area contributed by atoms with Crippen LogP contribution in [-0.4, -0.2) is 37.5 Å². The van der Waals surface area contributed by atoms with E-state index in [9.17, 15) is 9.59 Å². The molecule has 1 aromatic rings. The Balaban J connectivity index is 1.88. The average Bonchev–Trinajstić information content (AvgIpc) is 2.46. The van der Waals surface area contributed by atoms with Crippen molar-refractivity contribution in [3.05, 3.63) is 35.9 Å². The SMILES string of the molecule is CC(C)(CNC(=O)C1CNC(=O)CN1)c1ccccc1. The van der Waals surface area contributed by atoms with Crippen molar-refractivity contribution < 1.29 is 9.59 Å². The molecule has 5 nitrogen and oxygen atoms in total. The molecule has 2 rings (SSSR count). The summed E-state index contributed by atoms with van der Waals surface area (Å²) in [5, 5.41) is 8.55. The van der Waals surface area contributed by atoms with Gasteiger partial charge < -0.3 is 10.6 Å². The van der Waals surface area contributed by atoms with Gasteiger partial charge in [0.15, 0.2) is 0 Å². The maximum absolute atomic E-state index is 12.1. The quantitative estimate of drug-likeness (QED) is 0.733. The van der Waals surface area contributed by atoms with Crippen molar-refractivity contribution in [1.29, 1.82) is 0 Å². The zero-order valence-electron chi connectivity index (χ0n) is 11.9. The average molecular weight is 275 g/mol. The number of nitrogens with one attached hydrogen (secondary N) is 3. The number of amides is 2. The highest BCUT2D eigenvalue weighted by Crippen LogP contribution is 2.21. The molecule has 2 amide bonds. The molecule has 0 aromatic heterocycles. The minimum Gasteiger partial charge on any atom is -0.354 e. The zero-order valence-corrected chi connectivity index (χ0v) is 11.9. The fraction of sp³-hybridized carbons (Fsp3) is 0.467. The predicted octanol–water partition coefficient (Wildman–Crippen LogP) is 0.168. The van der Waals surface area contributed by atoms with Crippen molar-refractivity contribution in [2.75, 3.05) is 19.6 Å². The molecule has 1 aliphatic rings. The molecular formula is C15H21N3O2. The molecule has 1 heterocycles. The van der Waals surface area contributed by atoms with Gasteiger partial charge in [0.2, 0.25) is 11.8 Å². The highest BCUT2D eigenvalue weighted by atomic mass is 16.2. The van der Waals surface area contributed by atoms with Crippen LogP contribution in [0.2, 0.25) is 0 Å². The van der Waals surface area contributed by atoms with E-state index in [1.807, 2.05) is 18.2 Å². The van der Waals surface area contributed by atoms with Crippen molar-refractivity contribution in [3.8, 4) is 0 Å². The second kappa shape index (κ2) is 6.05. The minimum absolute atomic E-state index is 0.0707. The molecule has 1 atom stereocenters. The Morgan fingerprint density at radius 1 is 1.35 bits per heavy atom. The van der Waals surface area contributed by atoms with Crippen LogP contribution in [0.25, 0.3) is 0 Å². The van der Waals surface area contributed by atoms with Gasteiger partial charge in [0.1, 0.15) is 6.04 Å². The molecule has 1 unspecified atom stereocenters. The van der Waals surface area contributed by atoms with E-state index in [0.717, 1.165) is 0 Å². The highest BCUT2D eigenvalue weighted by molar-refractivity contribution is 5.86. The molecule has 3 N–H and O–H groups in total. The summed E-state index contributed by atoms with van der Waals surface area (Å²) in [6.45, 7) is 5.29. The first kappa shape index (κ1) is 14.5. The summed E-state index contributed by atoms with van der Waals surface area (Å²) in [6, 6.07) is 9.75. The van der Waals surface area contributed by atoms with Gasteiger partial charge in [-0.25, -0.2) is 0 Å². The number of carbonyl (C=O) groups is 2. The molecule has 1 aliphatic heterocycles. The molecule has 0 radical (unpaired) electrons. The third kappa shape index (κ3) is 3.57. The first-order valence-electron chi connectivity index (χ1n) is 6.82. The smallest absolute Gasteiger partial charge is 0.239 e. The summed E-state index contributed by atoms with van der Waals surface area (Å²) in [4.78, 5) is 23.1. The van der Waals surface area contributed by atoms with Crippen molar-refractivity contribution in [2.24, 2.45) is 0 Å². The standard InChI is InChI=1S/C15H21N3O2/c1-15(2,11-6-4-3-5-7-11)10-18-14(20)12-8-17-13(19)9-16-12/h3-7,12,16H,8-10H2,1-2H3,(H,17,19)(H,18,20). The van der Waals surface area contributed by atoms with Crippen LogP contribution in [0.15, 0.2) is 30.3 Å². The maximum atomic E-state index is 12.1. The van der Waals surface area contributed by atoms with E-state index in [0.29, 0.717) is 13.1 Å². The number of hydrogen-bond donors (Lipinski definition) is 3. The highest BCUT2D eigenvalue weighted by Gasteiger charge is 2.26. The van der Waals surface area contributed by atoms with Crippen LogP contribution in [0, 0.1) is 0 Å². The molecule has 0 spiro atoms. The number of rotatable bonds is 4. The van der Waals surface area contributed by atoms with Crippen LogP contribution in [0.1, 0.15) is 19.4 Å². The van der Waals surface area contributed by atoms with Crippen molar-refractivity contribution in [1.82, 2.24) is 16.0 Å². The van der Waals surface area contributed by atoms with E-state index in [1.54, 1.807) is 0 Å². The van der Waals surface area contributed by atoms with Crippen molar-refractivity contribution in [3.63, 3.8) is 0 Å². The summed E-state index contributed by atoms with van der Waals surface area (Å²) in [7, 11) is 0. The van der Waals surface area contributed by atoms with Gasteiger partial charge >= 0.3 is 0 Å². The Hall–Kier alpha value is -1.88. The van der Waals surface area contributed by atoms with Gasteiger partial charge in [0.05, 0.1) is 6.54 Å². The number of hydrogen-bond acceptors (Lipinski definition) is 3. The normalized spacial score (nSPS) is 19.3. The Kier molecular flexibility index (Phi) is 4.39. The summed E-state index contributed by atoms with van der Waals surface area (Å²) < 4.78 is 0. The number of benzene rings is 1. The Morgan fingerprint density at radius 2 is 2.05 bits per heavy atom. The van der Waals surface area contributed by atoms with E-state index < -0.39 is 0 Å². The van der Waals surface area contributed by atoms with Gasteiger partial charge in [0.25, 0.3) is 0 Å². The molecule has 20 heavy (non-hydrogen) atoms. The summed E-state index contributed by atoms with van der Waals surface area (Å²) >= 11 is 0. The number of piperazine rings is 1. The van der Waals surface area contributed by atoms with Gasteiger partial charge in [-0.05, 0) is 5.56 Å². The van der Waals surface area contributed by atoms with Crippen LogP contribution < -0.4 is 16.0 Å². The van der Waals surface area contributed by atoms with Crippen LogP contribution >= 0.6 is 0 Å². The predicted molar refractivity (Wildman–Crippen MR) is 77.3 cm³/mol. The maximum Gasteiger partial charge on any atom is 0.239 e. The van der Waals surface area contributed by atoms with Gasteiger partial charge in [-0.3, -0.25) is 14.9 Å². The van der Waals surface area contributed by atoms with Crippen LogP contribution in [0.5, 0.6) is 0 Å². The van der Waals surface area contributed by atoms with E-state index in [-0.39, 0.29) is 29.8 Å².